The number of rotatable bonds is 6. The van der Waals surface area contributed by atoms with Crippen LogP contribution in [0.2, 0.25) is 0 Å². The zero-order valence-corrected chi connectivity index (χ0v) is 13.9. The third-order valence-electron chi connectivity index (χ3n) is 3.24. The first-order chi connectivity index (χ1) is 10.1. The zero-order chi connectivity index (χ0) is 16.9. The Morgan fingerprint density at radius 2 is 1.68 bits per heavy atom. The van der Waals surface area contributed by atoms with Gasteiger partial charge in [0.05, 0.1) is 10.5 Å². The number of esters is 1. The van der Waals surface area contributed by atoms with Crippen LogP contribution >= 0.6 is 0 Å². The van der Waals surface area contributed by atoms with Gasteiger partial charge < -0.3 is 10.1 Å². The molecule has 0 aliphatic heterocycles. The number of carbonyl (C=O) groups excluding carboxylic acids is 2. The average Bonchev–Trinajstić information content (AvgIpc) is 2.43. The molecule has 6 nitrogen and oxygen atoms in total. The van der Waals surface area contributed by atoms with Crippen molar-refractivity contribution in [1.82, 2.24) is 5.32 Å². The van der Waals surface area contributed by atoms with E-state index in [1.54, 1.807) is 0 Å². The van der Waals surface area contributed by atoms with Crippen molar-refractivity contribution < 1.29 is 22.7 Å². The number of hydrogen-bond donors (Lipinski definition) is 1. The molecular formula is C15H21NO5S. The Morgan fingerprint density at radius 3 is 2.14 bits per heavy atom. The molecule has 0 unspecified atom stereocenters. The van der Waals surface area contributed by atoms with Gasteiger partial charge in [-0.25, -0.2) is 13.2 Å². The van der Waals surface area contributed by atoms with E-state index in [9.17, 15) is 18.0 Å². The summed E-state index contributed by atoms with van der Waals surface area (Å²) in [7, 11) is -3.31. The Balaban J connectivity index is 2.57. The normalized spacial score (nSPS) is 12.8. The van der Waals surface area contributed by atoms with E-state index in [1.165, 1.54) is 24.3 Å². The highest BCUT2D eigenvalue weighted by molar-refractivity contribution is 7.90. The van der Waals surface area contributed by atoms with E-state index in [-0.39, 0.29) is 34.9 Å². The van der Waals surface area contributed by atoms with E-state index in [4.69, 9.17) is 4.74 Å². The van der Waals surface area contributed by atoms with E-state index in [2.05, 4.69) is 5.32 Å². The van der Waals surface area contributed by atoms with E-state index >= 15 is 0 Å². The van der Waals surface area contributed by atoms with Gasteiger partial charge in [0.25, 0.3) is 5.91 Å². The minimum Gasteiger partial charge on any atom is -0.452 e. The average molecular weight is 327 g/mol. The van der Waals surface area contributed by atoms with Crippen LogP contribution in [0.3, 0.4) is 0 Å². The molecular weight excluding hydrogens is 306 g/mol. The van der Waals surface area contributed by atoms with E-state index in [0.717, 1.165) is 6.26 Å². The molecule has 122 valence electrons. The monoisotopic (exact) mass is 327 g/mol. The number of hydrogen-bond acceptors (Lipinski definition) is 5. The van der Waals surface area contributed by atoms with Gasteiger partial charge in [-0.05, 0) is 37.1 Å². The molecule has 0 radical (unpaired) electrons. The summed E-state index contributed by atoms with van der Waals surface area (Å²) in [6.45, 7) is 5.44. The first kappa shape index (κ1) is 18.2. The number of ether oxygens (including phenoxy) is 1. The van der Waals surface area contributed by atoms with Crippen LogP contribution in [0.1, 0.15) is 31.1 Å². The molecule has 0 aliphatic carbocycles. The fourth-order valence-electron chi connectivity index (χ4n) is 1.51. The van der Waals surface area contributed by atoms with E-state index in [1.807, 2.05) is 20.8 Å². The molecule has 0 bridgehead atoms. The molecule has 0 aromatic heterocycles. The van der Waals surface area contributed by atoms with Crippen molar-refractivity contribution >= 4 is 21.7 Å². The van der Waals surface area contributed by atoms with Gasteiger partial charge in [-0.2, -0.15) is 0 Å². The second kappa shape index (κ2) is 7.40. The van der Waals surface area contributed by atoms with E-state index < -0.39 is 15.8 Å². The number of benzene rings is 1. The summed E-state index contributed by atoms with van der Waals surface area (Å²) in [6.07, 6.45) is 1.08. The standard InChI is InChI=1S/C15H21NO5S/c1-10(2)11(3)16-14(17)9-21-15(18)12-5-7-13(8-6-12)22(4,19)20/h5-8,10-11H,9H2,1-4H3,(H,16,17)/t11-/m1/s1. The topological polar surface area (TPSA) is 89.5 Å². The number of amides is 1. The summed E-state index contributed by atoms with van der Waals surface area (Å²) >= 11 is 0. The molecule has 0 aliphatic rings. The minimum atomic E-state index is -3.31. The Kier molecular flexibility index (Phi) is 6.11. The molecule has 1 aromatic rings. The molecule has 1 N–H and O–H groups in total. The lowest BCUT2D eigenvalue weighted by atomic mass is 10.1. The maximum atomic E-state index is 11.8. The molecule has 22 heavy (non-hydrogen) atoms. The molecule has 0 saturated carbocycles. The second-order valence-corrected chi connectivity index (χ2v) is 7.49. The summed E-state index contributed by atoms with van der Waals surface area (Å²) in [5.41, 5.74) is 0.192. The lowest BCUT2D eigenvalue weighted by Crippen LogP contribution is -2.38. The Morgan fingerprint density at radius 1 is 1.14 bits per heavy atom. The maximum Gasteiger partial charge on any atom is 0.338 e. The number of nitrogens with one attached hydrogen (secondary N) is 1. The van der Waals surface area contributed by atoms with E-state index in [0.29, 0.717) is 0 Å². The number of carbonyl (C=O) groups is 2. The molecule has 0 fully saturated rings. The maximum absolute atomic E-state index is 11.8. The highest BCUT2D eigenvalue weighted by atomic mass is 32.2. The van der Waals surface area contributed by atoms with Crippen LogP contribution in [-0.2, 0) is 19.4 Å². The van der Waals surface area contributed by atoms with Crippen molar-refractivity contribution in [3.05, 3.63) is 29.8 Å². The Bertz CT molecular complexity index is 634. The van der Waals surface area contributed by atoms with Crippen LogP contribution in [-0.4, -0.2) is 39.2 Å². The summed E-state index contributed by atoms with van der Waals surface area (Å²) in [5, 5.41) is 2.72. The highest BCUT2D eigenvalue weighted by Gasteiger charge is 2.14. The van der Waals surface area contributed by atoms with Gasteiger partial charge in [0.1, 0.15) is 0 Å². The molecule has 0 heterocycles. The molecule has 0 spiro atoms. The van der Waals surface area contributed by atoms with Crippen LogP contribution in [0.25, 0.3) is 0 Å². The minimum absolute atomic E-state index is 0.0137. The van der Waals surface area contributed by atoms with Gasteiger partial charge >= 0.3 is 5.97 Å². The molecule has 7 heteroatoms. The van der Waals surface area contributed by atoms with Crippen LogP contribution in [0.4, 0.5) is 0 Å². The fraction of sp³-hybridized carbons (Fsp3) is 0.467. The SMILES string of the molecule is CC(C)[C@@H](C)NC(=O)COC(=O)c1ccc(S(C)(=O)=O)cc1. The summed E-state index contributed by atoms with van der Waals surface area (Å²) in [5.74, 6) is -0.766. The summed E-state index contributed by atoms with van der Waals surface area (Å²) in [4.78, 5) is 23.5. The predicted octanol–water partition coefficient (Wildman–Crippen LogP) is 1.41. The highest BCUT2D eigenvalue weighted by Crippen LogP contribution is 2.11. The molecule has 0 saturated heterocycles. The predicted molar refractivity (Wildman–Crippen MR) is 82.3 cm³/mol. The summed E-state index contributed by atoms with van der Waals surface area (Å²) < 4.78 is 27.5. The van der Waals surface area contributed by atoms with Crippen LogP contribution in [0.5, 0.6) is 0 Å². The first-order valence-corrected chi connectivity index (χ1v) is 8.77. The molecule has 1 rings (SSSR count). The van der Waals surface area contributed by atoms with Crippen molar-refractivity contribution in [3.8, 4) is 0 Å². The van der Waals surface area contributed by atoms with Crippen LogP contribution in [0.15, 0.2) is 29.2 Å². The zero-order valence-electron chi connectivity index (χ0n) is 13.1. The van der Waals surface area contributed by atoms with Crippen LogP contribution < -0.4 is 5.32 Å². The van der Waals surface area contributed by atoms with Gasteiger partial charge in [0, 0.05) is 12.3 Å². The third-order valence-corrected chi connectivity index (χ3v) is 4.37. The largest absolute Gasteiger partial charge is 0.452 e. The number of sulfone groups is 1. The van der Waals surface area contributed by atoms with Gasteiger partial charge in [0.15, 0.2) is 16.4 Å². The van der Waals surface area contributed by atoms with Gasteiger partial charge in [0.2, 0.25) is 0 Å². The Labute approximate surface area is 130 Å². The molecule has 1 amide bonds. The quantitative estimate of drug-likeness (QED) is 0.798. The first-order valence-electron chi connectivity index (χ1n) is 6.88. The van der Waals surface area contributed by atoms with Gasteiger partial charge in [-0.3, -0.25) is 4.79 Å². The smallest absolute Gasteiger partial charge is 0.338 e. The molecule has 1 aromatic carbocycles. The van der Waals surface area contributed by atoms with Crippen molar-refractivity contribution in [2.45, 2.75) is 31.7 Å². The lowest BCUT2D eigenvalue weighted by Gasteiger charge is -2.17. The van der Waals surface area contributed by atoms with Gasteiger partial charge in [-0.15, -0.1) is 0 Å². The Hall–Kier alpha value is -1.89. The van der Waals surface area contributed by atoms with Crippen molar-refractivity contribution in [2.24, 2.45) is 5.92 Å². The van der Waals surface area contributed by atoms with Gasteiger partial charge in [-0.1, -0.05) is 13.8 Å². The van der Waals surface area contributed by atoms with Crippen molar-refractivity contribution in [3.63, 3.8) is 0 Å². The van der Waals surface area contributed by atoms with Crippen molar-refractivity contribution in [2.75, 3.05) is 12.9 Å². The van der Waals surface area contributed by atoms with Crippen molar-refractivity contribution in [1.29, 1.82) is 0 Å². The molecule has 1 atom stereocenters. The second-order valence-electron chi connectivity index (χ2n) is 5.47. The third kappa shape index (κ3) is 5.48. The fourth-order valence-corrected chi connectivity index (χ4v) is 2.15. The summed E-state index contributed by atoms with van der Waals surface area (Å²) in [6, 6.07) is 5.35. The van der Waals surface area contributed by atoms with Crippen LogP contribution in [0, 0.1) is 5.92 Å². The lowest BCUT2D eigenvalue weighted by molar-refractivity contribution is -0.125.